The van der Waals surface area contributed by atoms with Gasteiger partial charge in [0.15, 0.2) is 0 Å². The zero-order valence-corrected chi connectivity index (χ0v) is 21.5. The minimum atomic E-state index is -0.464. The fourth-order valence-electron chi connectivity index (χ4n) is 6.08. The molecule has 0 aliphatic carbocycles. The SMILES string of the molecule is [2H]c1c([2H])c([2H])c2c(-c3c4ccccc4c(-c4ccccc4-c4cccc5ccccc45)c4ccccc34)c([2H])c([2H])c([2H])c2c1[2H]. The van der Waals surface area contributed by atoms with Crippen molar-refractivity contribution in [1.29, 1.82) is 0 Å². The summed E-state index contributed by atoms with van der Waals surface area (Å²) in [7, 11) is 0. The first-order chi connectivity index (χ1) is 22.8. The maximum Gasteiger partial charge on any atom is 0.0629 e. The third-order valence-electron chi connectivity index (χ3n) is 7.77. The van der Waals surface area contributed by atoms with Crippen molar-refractivity contribution >= 4 is 43.1 Å². The molecule has 0 heteroatoms. The minimum absolute atomic E-state index is 0.0504. The summed E-state index contributed by atoms with van der Waals surface area (Å²) in [5.41, 5.74) is 5.05. The molecular formula is C40H26. The summed E-state index contributed by atoms with van der Waals surface area (Å²) in [6.45, 7) is 0. The van der Waals surface area contributed by atoms with Crippen LogP contribution < -0.4 is 0 Å². The highest BCUT2D eigenvalue weighted by molar-refractivity contribution is 6.24. The molecule has 0 fully saturated rings. The Balaban J connectivity index is 1.57. The highest BCUT2D eigenvalue weighted by atomic mass is 14.2. The molecule has 0 atom stereocenters. The Hall–Kier alpha value is -5.20. The molecule has 8 aromatic rings. The molecule has 0 amide bonds. The number of benzene rings is 8. The van der Waals surface area contributed by atoms with E-state index in [4.69, 9.17) is 8.22 Å². The summed E-state index contributed by atoms with van der Waals surface area (Å²) in [5.74, 6) is 0. The number of fused-ring (bicyclic) bond motifs is 4. The van der Waals surface area contributed by atoms with Crippen LogP contribution in [0.5, 0.6) is 0 Å². The Labute approximate surface area is 243 Å². The predicted molar refractivity (Wildman–Crippen MR) is 173 cm³/mol. The zero-order chi connectivity index (χ0) is 32.6. The van der Waals surface area contributed by atoms with E-state index in [1.54, 1.807) is 0 Å². The molecule has 0 aliphatic heterocycles. The summed E-state index contributed by atoms with van der Waals surface area (Å²) in [6.07, 6.45) is 0. The van der Waals surface area contributed by atoms with Gasteiger partial charge in [-0.1, -0.05) is 158 Å². The highest BCUT2D eigenvalue weighted by Crippen LogP contribution is 2.47. The van der Waals surface area contributed by atoms with E-state index in [1.807, 2.05) is 72.8 Å². The van der Waals surface area contributed by atoms with Crippen LogP contribution in [0.4, 0.5) is 0 Å². The maximum atomic E-state index is 9.18. The molecule has 0 heterocycles. The zero-order valence-electron chi connectivity index (χ0n) is 28.5. The van der Waals surface area contributed by atoms with E-state index >= 15 is 0 Å². The molecule has 0 saturated carbocycles. The molecule has 40 heavy (non-hydrogen) atoms. The lowest BCUT2D eigenvalue weighted by Crippen LogP contribution is -1.93. The molecule has 8 rings (SSSR count). The van der Waals surface area contributed by atoms with E-state index in [0.717, 1.165) is 54.6 Å². The van der Waals surface area contributed by atoms with Crippen molar-refractivity contribution in [3.63, 3.8) is 0 Å². The van der Waals surface area contributed by atoms with Gasteiger partial charge < -0.3 is 0 Å². The Morgan fingerprint density at radius 3 is 1.52 bits per heavy atom. The van der Waals surface area contributed by atoms with Crippen molar-refractivity contribution in [2.24, 2.45) is 0 Å². The van der Waals surface area contributed by atoms with Crippen LogP contribution in [0.1, 0.15) is 9.60 Å². The molecule has 0 unspecified atom stereocenters. The molecule has 0 bridgehead atoms. The second kappa shape index (κ2) is 9.22. The van der Waals surface area contributed by atoms with E-state index in [9.17, 15) is 1.37 Å². The van der Waals surface area contributed by atoms with Crippen molar-refractivity contribution in [3.8, 4) is 33.4 Å². The lowest BCUT2D eigenvalue weighted by Gasteiger charge is -2.20. The summed E-state index contributed by atoms with van der Waals surface area (Å²) in [6, 6.07) is 36.2. The monoisotopic (exact) mass is 513 g/mol. The fourth-order valence-corrected chi connectivity index (χ4v) is 6.08. The molecule has 0 nitrogen and oxygen atoms in total. The highest BCUT2D eigenvalue weighted by Gasteiger charge is 2.20. The largest absolute Gasteiger partial charge is 0.0629 e. The molecule has 0 aliphatic rings. The standard InChI is InChI=1S/C40H26/c1-3-17-29-27(13-1)15-11-25-31(29)32-19-5-6-20-34(32)40-37-23-9-7-21-35(37)39(36-22-8-10-24-38(36)40)33-26-12-16-28-14-2-4-18-30(28)33/h1-26H/i2D,4D,12D,14D,16D,18D,26D. The van der Waals surface area contributed by atoms with Crippen LogP contribution in [0.2, 0.25) is 0 Å². The van der Waals surface area contributed by atoms with Crippen molar-refractivity contribution < 1.29 is 9.60 Å². The van der Waals surface area contributed by atoms with Gasteiger partial charge in [0.05, 0.1) is 9.60 Å². The van der Waals surface area contributed by atoms with Crippen LogP contribution in [0.3, 0.4) is 0 Å². The van der Waals surface area contributed by atoms with Crippen LogP contribution in [-0.2, 0) is 0 Å². The number of hydrogen-bond acceptors (Lipinski definition) is 0. The van der Waals surface area contributed by atoms with E-state index < -0.39 is 12.1 Å². The summed E-state index contributed by atoms with van der Waals surface area (Å²) < 4.78 is 61.0. The first-order valence-electron chi connectivity index (χ1n) is 16.8. The van der Waals surface area contributed by atoms with Gasteiger partial charge in [0.2, 0.25) is 0 Å². The van der Waals surface area contributed by atoms with Crippen LogP contribution in [0.15, 0.2) is 158 Å². The second-order valence-corrected chi connectivity index (χ2v) is 9.91. The third kappa shape index (κ3) is 3.47. The average Bonchev–Trinajstić information content (AvgIpc) is 3.11. The van der Waals surface area contributed by atoms with Gasteiger partial charge in [-0.05, 0) is 76.5 Å². The summed E-state index contributed by atoms with van der Waals surface area (Å²) in [5, 5.41) is 5.71. The number of rotatable bonds is 3. The van der Waals surface area contributed by atoms with Crippen molar-refractivity contribution in [2.75, 3.05) is 0 Å². The topological polar surface area (TPSA) is 0 Å². The normalized spacial score (nSPS) is 13.9. The Kier molecular flexibility index (Phi) is 3.85. The van der Waals surface area contributed by atoms with Gasteiger partial charge in [0.1, 0.15) is 0 Å². The van der Waals surface area contributed by atoms with Crippen LogP contribution in [0.25, 0.3) is 76.5 Å². The number of hydrogen-bond donors (Lipinski definition) is 0. The summed E-state index contributed by atoms with van der Waals surface area (Å²) >= 11 is 0. The van der Waals surface area contributed by atoms with E-state index in [2.05, 4.69) is 42.5 Å². The van der Waals surface area contributed by atoms with Crippen molar-refractivity contribution in [2.45, 2.75) is 0 Å². The molecule has 186 valence electrons. The fraction of sp³-hybridized carbons (Fsp3) is 0. The molecule has 0 radical (unpaired) electrons. The van der Waals surface area contributed by atoms with Gasteiger partial charge in [0, 0.05) is 0 Å². The molecule has 0 aromatic heterocycles. The quantitative estimate of drug-likeness (QED) is 0.206. The lowest BCUT2D eigenvalue weighted by molar-refractivity contribution is 1.63. The second-order valence-electron chi connectivity index (χ2n) is 9.91. The molecule has 0 spiro atoms. The Bertz CT molecular complexity index is 2540. The first kappa shape index (κ1) is 16.7. The smallest absolute Gasteiger partial charge is 0.0616 e. The van der Waals surface area contributed by atoms with Crippen molar-refractivity contribution in [1.82, 2.24) is 0 Å². The molecule has 0 N–H and O–H groups in total. The van der Waals surface area contributed by atoms with E-state index in [-0.39, 0.29) is 46.5 Å². The van der Waals surface area contributed by atoms with Gasteiger partial charge in [-0.15, -0.1) is 0 Å². The molecular weight excluding hydrogens is 480 g/mol. The van der Waals surface area contributed by atoms with Crippen LogP contribution in [-0.4, -0.2) is 0 Å². The van der Waals surface area contributed by atoms with Gasteiger partial charge in [-0.25, -0.2) is 0 Å². The van der Waals surface area contributed by atoms with Crippen molar-refractivity contribution in [3.05, 3.63) is 158 Å². The van der Waals surface area contributed by atoms with Crippen LogP contribution in [0, 0.1) is 0 Å². The van der Waals surface area contributed by atoms with Crippen LogP contribution >= 0.6 is 0 Å². The minimum Gasteiger partial charge on any atom is -0.0616 e. The maximum absolute atomic E-state index is 9.18. The van der Waals surface area contributed by atoms with E-state index in [1.165, 1.54) is 0 Å². The van der Waals surface area contributed by atoms with Gasteiger partial charge >= 0.3 is 0 Å². The molecule has 0 saturated heterocycles. The summed E-state index contributed by atoms with van der Waals surface area (Å²) in [4.78, 5) is 0. The molecule has 8 aromatic carbocycles. The van der Waals surface area contributed by atoms with Gasteiger partial charge in [-0.2, -0.15) is 0 Å². The third-order valence-corrected chi connectivity index (χ3v) is 7.77. The lowest BCUT2D eigenvalue weighted by atomic mass is 9.82. The first-order valence-corrected chi connectivity index (χ1v) is 13.3. The Morgan fingerprint density at radius 2 is 0.800 bits per heavy atom. The van der Waals surface area contributed by atoms with Gasteiger partial charge in [-0.3, -0.25) is 0 Å². The Morgan fingerprint density at radius 1 is 0.300 bits per heavy atom. The average molecular weight is 514 g/mol. The van der Waals surface area contributed by atoms with Gasteiger partial charge in [0.25, 0.3) is 0 Å². The van der Waals surface area contributed by atoms with E-state index in [0.29, 0.717) is 5.56 Å². The predicted octanol–water partition coefficient (Wildman–Crippen LogP) is 11.3.